The van der Waals surface area contributed by atoms with Gasteiger partial charge in [-0.1, -0.05) is 6.07 Å². The highest BCUT2D eigenvalue weighted by Crippen LogP contribution is 2.27. The molecule has 0 atom stereocenters. The second kappa shape index (κ2) is 8.50. The average Bonchev–Trinajstić information content (AvgIpc) is 3.23. The Kier molecular flexibility index (Phi) is 6.65. The third kappa shape index (κ3) is 5.51. The van der Waals surface area contributed by atoms with Gasteiger partial charge in [0.15, 0.2) is 16.8 Å². The predicted molar refractivity (Wildman–Crippen MR) is 92.7 cm³/mol. The molecule has 24 heavy (non-hydrogen) atoms. The van der Waals surface area contributed by atoms with Gasteiger partial charge in [0.1, 0.15) is 0 Å². The van der Waals surface area contributed by atoms with Crippen LogP contribution in [0.3, 0.4) is 0 Å². The Hall–Kier alpha value is -1.57. The molecular weight excluding hydrogens is 356 g/mol. The average molecular weight is 374 g/mol. The van der Waals surface area contributed by atoms with Crippen LogP contribution in [0.25, 0.3) is 0 Å². The first-order valence-corrected chi connectivity index (χ1v) is 8.31. The molecule has 1 amide bonds. The van der Waals surface area contributed by atoms with E-state index in [4.69, 9.17) is 0 Å². The number of anilines is 1. The Labute approximate surface area is 149 Å². The zero-order chi connectivity index (χ0) is 16.2. The van der Waals surface area contributed by atoms with E-state index < -0.39 is 11.6 Å². The smallest absolute Gasteiger partial charge is 0.240 e. The van der Waals surface area contributed by atoms with E-state index in [9.17, 15) is 13.6 Å². The van der Waals surface area contributed by atoms with Gasteiger partial charge in [0.25, 0.3) is 0 Å². The topological polar surface area (TPSA) is 54.0 Å². The van der Waals surface area contributed by atoms with Crippen LogP contribution in [-0.2, 0) is 11.2 Å². The van der Waals surface area contributed by atoms with E-state index in [1.807, 2.05) is 0 Å². The quantitative estimate of drug-likeness (QED) is 0.782. The number of carbonyl (C=O) groups excluding carboxylic acids is 1. The van der Waals surface area contributed by atoms with Gasteiger partial charge in [0.2, 0.25) is 5.91 Å². The summed E-state index contributed by atoms with van der Waals surface area (Å²) >= 11 is 1.33. The number of nitrogens with one attached hydrogen (secondary N) is 2. The normalized spacial score (nSPS) is 13.4. The molecule has 0 spiro atoms. The van der Waals surface area contributed by atoms with Crippen LogP contribution >= 0.6 is 23.7 Å². The van der Waals surface area contributed by atoms with E-state index in [1.54, 1.807) is 6.20 Å². The standard InChI is InChI=1S/C16H17F2N3OS.ClH/c17-13-4-3-11(6-14(13)18)5-12-8-20-16(23-12)21-15(22)9-19-7-10-1-2-10;/h3-4,6,8,10,19H,1-2,5,7,9H2,(H,20,21,22);1H. The lowest BCUT2D eigenvalue weighted by molar-refractivity contribution is -0.115. The first-order chi connectivity index (χ1) is 11.1. The van der Waals surface area contributed by atoms with E-state index in [1.165, 1.54) is 36.3 Å². The van der Waals surface area contributed by atoms with Crippen LogP contribution in [0.1, 0.15) is 23.3 Å². The van der Waals surface area contributed by atoms with Gasteiger partial charge in [0, 0.05) is 17.5 Å². The maximum atomic E-state index is 13.2. The lowest BCUT2D eigenvalue weighted by atomic mass is 10.1. The van der Waals surface area contributed by atoms with Gasteiger partial charge in [-0.05, 0) is 43.0 Å². The summed E-state index contributed by atoms with van der Waals surface area (Å²) in [5, 5.41) is 6.36. The molecule has 1 heterocycles. The van der Waals surface area contributed by atoms with Crippen LogP contribution in [-0.4, -0.2) is 24.0 Å². The second-order valence-corrected chi connectivity index (χ2v) is 6.79. The van der Waals surface area contributed by atoms with Gasteiger partial charge in [-0.3, -0.25) is 4.79 Å². The first kappa shape index (κ1) is 18.8. The van der Waals surface area contributed by atoms with E-state index in [-0.39, 0.29) is 24.9 Å². The van der Waals surface area contributed by atoms with Crippen LogP contribution in [0.15, 0.2) is 24.4 Å². The third-order valence-corrected chi connectivity index (χ3v) is 4.49. The molecule has 0 unspecified atom stereocenters. The van der Waals surface area contributed by atoms with Crippen molar-refractivity contribution in [2.24, 2.45) is 5.92 Å². The molecule has 1 fully saturated rings. The molecule has 8 heteroatoms. The minimum absolute atomic E-state index is 0. The largest absolute Gasteiger partial charge is 0.308 e. The van der Waals surface area contributed by atoms with Gasteiger partial charge >= 0.3 is 0 Å². The number of aromatic nitrogens is 1. The zero-order valence-electron chi connectivity index (χ0n) is 12.9. The summed E-state index contributed by atoms with van der Waals surface area (Å²) in [6, 6.07) is 3.83. The molecule has 0 radical (unpaired) electrons. The number of thiazole rings is 1. The number of nitrogens with zero attached hydrogens (tertiary/aromatic N) is 1. The fourth-order valence-corrected chi connectivity index (χ4v) is 3.04. The maximum absolute atomic E-state index is 13.2. The lowest BCUT2D eigenvalue weighted by Crippen LogP contribution is -2.29. The minimum Gasteiger partial charge on any atom is -0.308 e. The molecule has 0 bridgehead atoms. The molecule has 2 N–H and O–H groups in total. The summed E-state index contributed by atoms with van der Waals surface area (Å²) in [7, 11) is 0. The number of benzene rings is 1. The SMILES string of the molecule is Cl.O=C(CNCC1CC1)Nc1ncc(Cc2ccc(F)c(F)c2)s1. The van der Waals surface area contributed by atoms with Crippen LogP contribution in [0.2, 0.25) is 0 Å². The number of carbonyl (C=O) groups is 1. The Morgan fingerprint density at radius 1 is 1.29 bits per heavy atom. The van der Waals surface area contributed by atoms with Crippen molar-refractivity contribution in [3.05, 3.63) is 46.5 Å². The summed E-state index contributed by atoms with van der Waals surface area (Å²) in [4.78, 5) is 16.8. The predicted octanol–water partition coefficient (Wildman–Crippen LogP) is 3.37. The Balaban J connectivity index is 0.00000208. The van der Waals surface area contributed by atoms with E-state index in [0.29, 0.717) is 17.1 Å². The van der Waals surface area contributed by atoms with Crippen molar-refractivity contribution in [2.75, 3.05) is 18.4 Å². The number of hydrogen-bond donors (Lipinski definition) is 2. The monoisotopic (exact) mass is 373 g/mol. The summed E-state index contributed by atoms with van der Waals surface area (Å²) in [6.07, 6.45) is 4.58. The van der Waals surface area contributed by atoms with Crippen molar-refractivity contribution in [1.82, 2.24) is 10.3 Å². The zero-order valence-corrected chi connectivity index (χ0v) is 14.5. The Morgan fingerprint density at radius 3 is 2.79 bits per heavy atom. The molecule has 3 rings (SSSR count). The Bertz CT molecular complexity index is 706. The molecule has 0 aliphatic heterocycles. The number of rotatable bonds is 7. The van der Waals surface area contributed by atoms with Gasteiger partial charge < -0.3 is 10.6 Å². The van der Waals surface area contributed by atoms with Gasteiger partial charge in [-0.15, -0.1) is 23.7 Å². The molecule has 1 aliphatic rings. The molecule has 4 nitrogen and oxygen atoms in total. The maximum Gasteiger partial charge on any atom is 0.240 e. The van der Waals surface area contributed by atoms with Crippen molar-refractivity contribution in [3.8, 4) is 0 Å². The Morgan fingerprint density at radius 2 is 2.08 bits per heavy atom. The lowest BCUT2D eigenvalue weighted by Gasteiger charge is -2.03. The summed E-state index contributed by atoms with van der Waals surface area (Å²) < 4.78 is 26.1. The molecular formula is C16H18ClF2N3OS. The third-order valence-electron chi connectivity index (χ3n) is 3.58. The van der Waals surface area contributed by atoms with Crippen LogP contribution in [0.4, 0.5) is 13.9 Å². The van der Waals surface area contributed by atoms with E-state index in [2.05, 4.69) is 15.6 Å². The van der Waals surface area contributed by atoms with Crippen molar-refractivity contribution >= 4 is 34.8 Å². The number of hydrogen-bond acceptors (Lipinski definition) is 4. The second-order valence-electron chi connectivity index (χ2n) is 5.68. The van der Waals surface area contributed by atoms with Crippen molar-refractivity contribution < 1.29 is 13.6 Å². The summed E-state index contributed by atoms with van der Waals surface area (Å²) in [6.45, 7) is 1.15. The molecule has 2 aromatic rings. The van der Waals surface area contributed by atoms with Crippen LogP contribution in [0.5, 0.6) is 0 Å². The highest BCUT2D eigenvalue weighted by molar-refractivity contribution is 7.15. The summed E-state index contributed by atoms with van der Waals surface area (Å²) in [5.74, 6) is -1.11. The molecule has 1 aliphatic carbocycles. The van der Waals surface area contributed by atoms with Gasteiger partial charge in [-0.25, -0.2) is 13.8 Å². The van der Waals surface area contributed by atoms with Crippen LogP contribution < -0.4 is 10.6 Å². The molecule has 1 aromatic carbocycles. The van der Waals surface area contributed by atoms with Crippen molar-refractivity contribution in [1.29, 1.82) is 0 Å². The van der Waals surface area contributed by atoms with Gasteiger partial charge in [0.05, 0.1) is 6.54 Å². The van der Waals surface area contributed by atoms with E-state index >= 15 is 0 Å². The molecule has 1 saturated carbocycles. The molecule has 0 saturated heterocycles. The van der Waals surface area contributed by atoms with Crippen molar-refractivity contribution in [3.63, 3.8) is 0 Å². The van der Waals surface area contributed by atoms with Gasteiger partial charge in [-0.2, -0.15) is 0 Å². The molecule has 1 aromatic heterocycles. The highest BCUT2D eigenvalue weighted by atomic mass is 35.5. The number of amides is 1. The highest BCUT2D eigenvalue weighted by Gasteiger charge is 2.20. The molecule has 130 valence electrons. The summed E-state index contributed by atoms with van der Waals surface area (Å²) in [5.41, 5.74) is 0.663. The first-order valence-electron chi connectivity index (χ1n) is 7.49. The fraction of sp³-hybridized carbons (Fsp3) is 0.375. The van der Waals surface area contributed by atoms with E-state index in [0.717, 1.165) is 23.4 Å². The minimum atomic E-state index is -0.859. The number of halogens is 3. The van der Waals surface area contributed by atoms with Crippen LogP contribution in [0, 0.1) is 17.6 Å². The van der Waals surface area contributed by atoms with Crippen molar-refractivity contribution in [2.45, 2.75) is 19.3 Å². The fourth-order valence-electron chi connectivity index (χ4n) is 2.17.